The molecular formula is C13H28O3. The van der Waals surface area contributed by atoms with Crippen LogP contribution >= 0.6 is 0 Å². The smallest absolute Gasteiger partial charge is 0.0858 e. The molecule has 0 heterocycles. The Morgan fingerprint density at radius 3 is 1.94 bits per heavy atom. The molecule has 0 aromatic rings. The summed E-state index contributed by atoms with van der Waals surface area (Å²) in [5.74, 6) is 0. The number of methoxy groups -OCH3 is 1. The SMILES string of the molecule is CCCOC(C)(C)CCOC(C)(C)COC. The monoisotopic (exact) mass is 232 g/mol. The highest BCUT2D eigenvalue weighted by atomic mass is 16.5. The van der Waals surface area contributed by atoms with Gasteiger partial charge in [-0.05, 0) is 40.5 Å². The van der Waals surface area contributed by atoms with Crippen molar-refractivity contribution in [2.24, 2.45) is 0 Å². The van der Waals surface area contributed by atoms with E-state index in [1.165, 1.54) is 0 Å². The second kappa shape index (κ2) is 7.25. The Morgan fingerprint density at radius 2 is 1.44 bits per heavy atom. The van der Waals surface area contributed by atoms with Crippen molar-refractivity contribution in [1.82, 2.24) is 0 Å². The Bertz CT molecular complexity index is 176. The van der Waals surface area contributed by atoms with Gasteiger partial charge in [0.05, 0.1) is 24.4 Å². The fraction of sp³-hybridized carbons (Fsp3) is 1.00. The van der Waals surface area contributed by atoms with Crippen LogP contribution in [-0.2, 0) is 14.2 Å². The Morgan fingerprint density at radius 1 is 0.875 bits per heavy atom. The first-order valence-electron chi connectivity index (χ1n) is 6.10. The fourth-order valence-electron chi connectivity index (χ4n) is 1.41. The lowest BCUT2D eigenvalue weighted by atomic mass is 10.1. The fourth-order valence-corrected chi connectivity index (χ4v) is 1.41. The average molecular weight is 232 g/mol. The van der Waals surface area contributed by atoms with E-state index in [9.17, 15) is 0 Å². The number of ether oxygens (including phenoxy) is 3. The van der Waals surface area contributed by atoms with Gasteiger partial charge in [-0.1, -0.05) is 6.92 Å². The van der Waals surface area contributed by atoms with Crippen LogP contribution in [0.15, 0.2) is 0 Å². The third kappa shape index (κ3) is 8.08. The van der Waals surface area contributed by atoms with Crippen molar-refractivity contribution in [1.29, 1.82) is 0 Å². The molecule has 0 aromatic carbocycles. The molecule has 0 spiro atoms. The van der Waals surface area contributed by atoms with Gasteiger partial charge in [0.2, 0.25) is 0 Å². The maximum absolute atomic E-state index is 5.78. The van der Waals surface area contributed by atoms with Crippen LogP contribution in [-0.4, -0.2) is 38.1 Å². The molecule has 3 heteroatoms. The van der Waals surface area contributed by atoms with E-state index in [1.807, 2.05) is 13.8 Å². The molecule has 0 saturated carbocycles. The molecule has 0 bridgehead atoms. The predicted octanol–water partition coefficient (Wildman–Crippen LogP) is 3.02. The van der Waals surface area contributed by atoms with Gasteiger partial charge < -0.3 is 14.2 Å². The van der Waals surface area contributed by atoms with Crippen LogP contribution in [0.3, 0.4) is 0 Å². The summed E-state index contributed by atoms with van der Waals surface area (Å²) in [6.45, 7) is 12.5. The zero-order valence-electron chi connectivity index (χ0n) is 11.8. The third-order valence-corrected chi connectivity index (χ3v) is 2.39. The van der Waals surface area contributed by atoms with Gasteiger partial charge in [-0.25, -0.2) is 0 Å². The topological polar surface area (TPSA) is 27.7 Å². The Balaban J connectivity index is 3.78. The van der Waals surface area contributed by atoms with E-state index in [0.717, 1.165) is 19.4 Å². The van der Waals surface area contributed by atoms with Crippen molar-refractivity contribution in [3.05, 3.63) is 0 Å². The minimum atomic E-state index is -0.213. The first kappa shape index (κ1) is 15.9. The van der Waals surface area contributed by atoms with Crippen LogP contribution < -0.4 is 0 Å². The van der Waals surface area contributed by atoms with Crippen molar-refractivity contribution in [2.45, 2.75) is 58.7 Å². The van der Waals surface area contributed by atoms with Crippen LogP contribution in [0.1, 0.15) is 47.5 Å². The summed E-state index contributed by atoms with van der Waals surface area (Å²) < 4.78 is 16.6. The average Bonchev–Trinajstić information content (AvgIpc) is 2.14. The molecule has 0 unspecified atom stereocenters. The molecule has 0 amide bonds. The first-order valence-corrected chi connectivity index (χ1v) is 6.10. The Kier molecular flexibility index (Phi) is 7.20. The molecule has 0 N–H and O–H groups in total. The van der Waals surface area contributed by atoms with Gasteiger partial charge in [-0.3, -0.25) is 0 Å². The van der Waals surface area contributed by atoms with E-state index in [2.05, 4.69) is 20.8 Å². The summed E-state index contributed by atoms with van der Waals surface area (Å²) >= 11 is 0. The van der Waals surface area contributed by atoms with Gasteiger partial charge in [0.15, 0.2) is 0 Å². The minimum Gasteiger partial charge on any atom is -0.382 e. The molecule has 0 aromatic heterocycles. The van der Waals surface area contributed by atoms with Crippen LogP contribution in [0.2, 0.25) is 0 Å². The zero-order chi connectivity index (χ0) is 12.7. The first-order chi connectivity index (χ1) is 7.33. The maximum Gasteiger partial charge on any atom is 0.0858 e. The highest BCUT2D eigenvalue weighted by molar-refractivity contribution is 4.71. The van der Waals surface area contributed by atoms with Gasteiger partial charge in [0.1, 0.15) is 0 Å². The highest BCUT2D eigenvalue weighted by Gasteiger charge is 2.22. The quantitative estimate of drug-likeness (QED) is 0.611. The normalized spacial score (nSPS) is 13.1. The minimum absolute atomic E-state index is 0.0981. The van der Waals surface area contributed by atoms with Crippen molar-refractivity contribution in [3.8, 4) is 0 Å². The second-order valence-corrected chi connectivity index (χ2v) is 5.40. The molecular weight excluding hydrogens is 204 g/mol. The number of hydrogen-bond acceptors (Lipinski definition) is 3. The molecule has 0 aliphatic rings. The molecule has 0 saturated heterocycles. The van der Waals surface area contributed by atoms with Crippen LogP contribution in [0, 0.1) is 0 Å². The van der Waals surface area contributed by atoms with Crippen LogP contribution in [0.4, 0.5) is 0 Å². The summed E-state index contributed by atoms with van der Waals surface area (Å²) in [4.78, 5) is 0. The van der Waals surface area contributed by atoms with E-state index >= 15 is 0 Å². The molecule has 0 rings (SSSR count). The van der Waals surface area contributed by atoms with Crippen molar-refractivity contribution < 1.29 is 14.2 Å². The van der Waals surface area contributed by atoms with Crippen molar-refractivity contribution >= 4 is 0 Å². The van der Waals surface area contributed by atoms with E-state index in [-0.39, 0.29) is 11.2 Å². The highest BCUT2D eigenvalue weighted by Crippen LogP contribution is 2.17. The summed E-state index contributed by atoms with van der Waals surface area (Å²) in [7, 11) is 1.69. The number of hydrogen-bond donors (Lipinski definition) is 0. The molecule has 0 radical (unpaired) electrons. The largest absolute Gasteiger partial charge is 0.382 e. The third-order valence-electron chi connectivity index (χ3n) is 2.39. The van der Waals surface area contributed by atoms with Gasteiger partial charge in [-0.15, -0.1) is 0 Å². The maximum atomic E-state index is 5.78. The summed E-state index contributed by atoms with van der Waals surface area (Å²) in [5.41, 5.74) is -0.311. The summed E-state index contributed by atoms with van der Waals surface area (Å²) in [6.07, 6.45) is 1.96. The van der Waals surface area contributed by atoms with Crippen molar-refractivity contribution in [3.63, 3.8) is 0 Å². The molecule has 0 atom stereocenters. The Labute approximate surface area is 100 Å². The summed E-state index contributed by atoms with van der Waals surface area (Å²) in [6, 6.07) is 0. The summed E-state index contributed by atoms with van der Waals surface area (Å²) in [5, 5.41) is 0. The van der Waals surface area contributed by atoms with Crippen molar-refractivity contribution in [2.75, 3.05) is 26.9 Å². The van der Waals surface area contributed by atoms with E-state index in [0.29, 0.717) is 13.2 Å². The zero-order valence-corrected chi connectivity index (χ0v) is 11.8. The lowest BCUT2D eigenvalue weighted by Gasteiger charge is -2.29. The van der Waals surface area contributed by atoms with Gasteiger partial charge >= 0.3 is 0 Å². The number of rotatable bonds is 9. The van der Waals surface area contributed by atoms with E-state index in [1.54, 1.807) is 7.11 Å². The molecule has 98 valence electrons. The lowest BCUT2D eigenvalue weighted by Crippen LogP contribution is -2.33. The molecule has 3 nitrogen and oxygen atoms in total. The van der Waals surface area contributed by atoms with Gasteiger partial charge in [0, 0.05) is 13.7 Å². The Hall–Kier alpha value is -0.120. The van der Waals surface area contributed by atoms with E-state index in [4.69, 9.17) is 14.2 Å². The lowest BCUT2D eigenvalue weighted by molar-refractivity contribution is -0.0932. The van der Waals surface area contributed by atoms with Crippen LogP contribution in [0.25, 0.3) is 0 Å². The molecule has 16 heavy (non-hydrogen) atoms. The second-order valence-electron chi connectivity index (χ2n) is 5.40. The predicted molar refractivity (Wildman–Crippen MR) is 66.8 cm³/mol. The molecule has 0 fully saturated rings. The van der Waals surface area contributed by atoms with Gasteiger partial charge in [0.25, 0.3) is 0 Å². The molecule has 0 aliphatic heterocycles. The standard InChI is InChI=1S/C13H28O3/c1-7-9-15-12(2,3)8-10-16-13(4,5)11-14-6/h7-11H2,1-6H3. The van der Waals surface area contributed by atoms with Crippen LogP contribution in [0.5, 0.6) is 0 Å². The van der Waals surface area contributed by atoms with Gasteiger partial charge in [-0.2, -0.15) is 0 Å². The molecule has 0 aliphatic carbocycles. The van der Waals surface area contributed by atoms with E-state index < -0.39 is 0 Å².